The minimum atomic E-state index is -0.564. The summed E-state index contributed by atoms with van der Waals surface area (Å²) in [5.74, 6) is 0.569. The molecule has 0 aliphatic carbocycles. The standard InChI is InChI=1S/C29H34N2O2S/c1-3-19-30-29(33)27(21-24-10-6-4-7-11-24)31(22-25-12-8-5-9-13-25)28(32)18-20-34-26-16-14-23(2)15-17-26/h4-17,27H,3,18-22H2,1-2H3,(H,30,33). The van der Waals surface area contributed by atoms with Gasteiger partial charge in [-0.05, 0) is 36.6 Å². The first-order valence-electron chi connectivity index (χ1n) is 11.9. The maximum atomic E-state index is 13.5. The molecule has 5 heteroatoms. The lowest BCUT2D eigenvalue weighted by Crippen LogP contribution is -2.50. The smallest absolute Gasteiger partial charge is 0.243 e. The van der Waals surface area contributed by atoms with E-state index in [0.29, 0.717) is 31.7 Å². The number of aryl methyl sites for hydroxylation is 1. The van der Waals surface area contributed by atoms with E-state index in [2.05, 4.69) is 36.5 Å². The lowest BCUT2D eigenvalue weighted by Gasteiger charge is -2.31. The molecule has 1 N–H and O–H groups in total. The molecular weight excluding hydrogens is 440 g/mol. The van der Waals surface area contributed by atoms with Gasteiger partial charge in [-0.2, -0.15) is 0 Å². The Morgan fingerprint density at radius 1 is 0.882 bits per heavy atom. The van der Waals surface area contributed by atoms with Crippen LogP contribution in [0.15, 0.2) is 89.8 Å². The topological polar surface area (TPSA) is 49.4 Å². The number of carbonyl (C=O) groups is 2. The monoisotopic (exact) mass is 474 g/mol. The average molecular weight is 475 g/mol. The molecular formula is C29H34N2O2S. The largest absolute Gasteiger partial charge is 0.354 e. The van der Waals surface area contributed by atoms with E-state index in [1.165, 1.54) is 5.56 Å². The van der Waals surface area contributed by atoms with E-state index < -0.39 is 6.04 Å². The molecule has 0 aliphatic rings. The highest BCUT2D eigenvalue weighted by atomic mass is 32.2. The van der Waals surface area contributed by atoms with Crippen LogP contribution < -0.4 is 5.32 Å². The average Bonchev–Trinajstić information content (AvgIpc) is 2.87. The number of rotatable bonds is 12. The summed E-state index contributed by atoms with van der Waals surface area (Å²) in [6, 6.07) is 27.6. The van der Waals surface area contributed by atoms with Crippen molar-refractivity contribution in [1.29, 1.82) is 0 Å². The van der Waals surface area contributed by atoms with Crippen molar-refractivity contribution < 1.29 is 9.59 Å². The molecule has 0 saturated heterocycles. The molecule has 3 aromatic rings. The zero-order valence-electron chi connectivity index (χ0n) is 20.1. The summed E-state index contributed by atoms with van der Waals surface area (Å²) in [6.45, 7) is 5.10. The van der Waals surface area contributed by atoms with Gasteiger partial charge in [-0.1, -0.05) is 85.3 Å². The predicted molar refractivity (Wildman–Crippen MR) is 141 cm³/mol. The first kappa shape index (κ1) is 25.6. The van der Waals surface area contributed by atoms with Gasteiger partial charge in [0.25, 0.3) is 0 Å². The summed E-state index contributed by atoms with van der Waals surface area (Å²) in [5.41, 5.74) is 3.28. The van der Waals surface area contributed by atoms with Gasteiger partial charge in [0.15, 0.2) is 0 Å². The van der Waals surface area contributed by atoms with E-state index >= 15 is 0 Å². The van der Waals surface area contributed by atoms with Gasteiger partial charge in [-0.25, -0.2) is 0 Å². The molecule has 2 amide bonds. The highest BCUT2D eigenvalue weighted by Gasteiger charge is 2.29. The van der Waals surface area contributed by atoms with E-state index in [1.807, 2.05) is 67.6 Å². The molecule has 3 rings (SSSR count). The van der Waals surface area contributed by atoms with Gasteiger partial charge in [0.05, 0.1) is 0 Å². The molecule has 0 fully saturated rings. The second-order valence-electron chi connectivity index (χ2n) is 8.42. The van der Waals surface area contributed by atoms with Crippen molar-refractivity contribution in [2.45, 2.75) is 50.6 Å². The third kappa shape index (κ3) is 8.07. The molecule has 3 aromatic carbocycles. The Labute approximate surface area is 207 Å². The summed E-state index contributed by atoms with van der Waals surface area (Å²) in [6.07, 6.45) is 1.71. The first-order chi connectivity index (χ1) is 16.6. The van der Waals surface area contributed by atoms with E-state index in [1.54, 1.807) is 16.7 Å². The maximum absolute atomic E-state index is 13.5. The van der Waals surface area contributed by atoms with Crippen LogP contribution in [-0.4, -0.2) is 35.1 Å². The normalized spacial score (nSPS) is 11.6. The van der Waals surface area contributed by atoms with Crippen molar-refractivity contribution in [1.82, 2.24) is 10.2 Å². The molecule has 0 bridgehead atoms. The van der Waals surface area contributed by atoms with Gasteiger partial charge in [-0.3, -0.25) is 9.59 Å². The van der Waals surface area contributed by atoms with Crippen molar-refractivity contribution in [2.24, 2.45) is 0 Å². The minimum absolute atomic E-state index is 0.00366. The summed E-state index contributed by atoms with van der Waals surface area (Å²) < 4.78 is 0. The van der Waals surface area contributed by atoms with Gasteiger partial charge in [0.1, 0.15) is 6.04 Å². The number of nitrogens with zero attached hydrogens (tertiary/aromatic N) is 1. The fourth-order valence-electron chi connectivity index (χ4n) is 3.73. The van der Waals surface area contributed by atoms with Crippen LogP contribution in [0, 0.1) is 6.92 Å². The quantitative estimate of drug-likeness (QED) is 0.346. The number of carbonyl (C=O) groups excluding carboxylic acids is 2. The summed E-state index contributed by atoms with van der Waals surface area (Å²) in [7, 11) is 0. The van der Waals surface area contributed by atoms with Gasteiger partial charge < -0.3 is 10.2 Å². The van der Waals surface area contributed by atoms with Gasteiger partial charge in [-0.15, -0.1) is 11.8 Å². The van der Waals surface area contributed by atoms with Crippen LogP contribution in [0.3, 0.4) is 0 Å². The molecule has 4 nitrogen and oxygen atoms in total. The van der Waals surface area contributed by atoms with Gasteiger partial charge >= 0.3 is 0 Å². The highest BCUT2D eigenvalue weighted by molar-refractivity contribution is 7.99. The Kier molecular flexibility index (Phi) is 10.2. The number of benzene rings is 3. The van der Waals surface area contributed by atoms with Crippen molar-refractivity contribution >= 4 is 23.6 Å². The Morgan fingerprint density at radius 2 is 1.50 bits per heavy atom. The van der Waals surface area contributed by atoms with E-state index in [-0.39, 0.29) is 11.8 Å². The van der Waals surface area contributed by atoms with Crippen LogP contribution in [0.2, 0.25) is 0 Å². The van der Waals surface area contributed by atoms with Gasteiger partial charge in [0.2, 0.25) is 11.8 Å². The third-order valence-corrected chi connectivity index (χ3v) is 6.64. The van der Waals surface area contributed by atoms with Crippen LogP contribution >= 0.6 is 11.8 Å². The number of thioether (sulfide) groups is 1. The lowest BCUT2D eigenvalue weighted by atomic mass is 10.0. The molecule has 1 unspecified atom stereocenters. The summed E-state index contributed by atoms with van der Waals surface area (Å²) >= 11 is 1.67. The molecule has 0 aliphatic heterocycles. The van der Waals surface area contributed by atoms with Crippen LogP contribution in [-0.2, 0) is 22.6 Å². The number of amides is 2. The molecule has 178 valence electrons. The Bertz CT molecular complexity index is 1020. The van der Waals surface area contributed by atoms with Crippen molar-refractivity contribution in [2.75, 3.05) is 12.3 Å². The van der Waals surface area contributed by atoms with Crippen LogP contribution in [0.5, 0.6) is 0 Å². The highest BCUT2D eigenvalue weighted by Crippen LogP contribution is 2.21. The molecule has 0 aromatic heterocycles. The fraction of sp³-hybridized carbons (Fsp3) is 0.310. The van der Waals surface area contributed by atoms with E-state index in [4.69, 9.17) is 0 Å². The maximum Gasteiger partial charge on any atom is 0.243 e. The summed E-state index contributed by atoms with van der Waals surface area (Å²) in [5, 5.41) is 3.02. The minimum Gasteiger partial charge on any atom is -0.354 e. The van der Waals surface area contributed by atoms with Crippen molar-refractivity contribution in [3.8, 4) is 0 Å². The first-order valence-corrected chi connectivity index (χ1v) is 12.9. The summed E-state index contributed by atoms with van der Waals surface area (Å²) in [4.78, 5) is 29.7. The van der Waals surface area contributed by atoms with Crippen LogP contribution in [0.25, 0.3) is 0 Å². The second-order valence-corrected chi connectivity index (χ2v) is 9.58. The van der Waals surface area contributed by atoms with E-state index in [9.17, 15) is 9.59 Å². The third-order valence-electron chi connectivity index (χ3n) is 5.62. The second kappa shape index (κ2) is 13.6. The van der Waals surface area contributed by atoms with Crippen LogP contribution in [0.4, 0.5) is 0 Å². The van der Waals surface area contributed by atoms with E-state index in [0.717, 1.165) is 22.4 Å². The zero-order valence-corrected chi connectivity index (χ0v) is 20.9. The Balaban J connectivity index is 1.79. The SMILES string of the molecule is CCCNC(=O)C(Cc1ccccc1)N(Cc1ccccc1)C(=O)CCSc1ccc(C)cc1. The van der Waals surface area contributed by atoms with Crippen molar-refractivity contribution in [3.05, 3.63) is 102 Å². The fourth-order valence-corrected chi connectivity index (χ4v) is 4.58. The van der Waals surface area contributed by atoms with Crippen LogP contribution in [0.1, 0.15) is 36.5 Å². The lowest BCUT2D eigenvalue weighted by molar-refractivity contribution is -0.141. The molecule has 0 heterocycles. The molecule has 0 saturated carbocycles. The molecule has 0 spiro atoms. The predicted octanol–water partition coefficient (Wildman–Crippen LogP) is 5.64. The number of hydrogen-bond donors (Lipinski definition) is 1. The van der Waals surface area contributed by atoms with Crippen molar-refractivity contribution in [3.63, 3.8) is 0 Å². The molecule has 0 radical (unpaired) electrons. The number of hydrogen-bond acceptors (Lipinski definition) is 3. The Hall–Kier alpha value is -3.05. The zero-order chi connectivity index (χ0) is 24.2. The molecule has 1 atom stereocenters. The molecule has 34 heavy (non-hydrogen) atoms. The number of nitrogens with one attached hydrogen (secondary N) is 1. The van der Waals surface area contributed by atoms with Gasteiger partial charge in [0, 0.05) is 36.6 Å². The Morgan fingerprint density at radius 3 is 2.12 bits per heavy atom.